The highest BCUT2D eigenvalue weighted by Gasteiger charge is 2.07. The van der Waals surface area contributed by atoms with E-state index in [2.05, 4.69) is 22.1 Å². The first-order valence-electron chi connectivity index (χ1n) is 5.60. The van der Waals surface area contributed by atoms with E-state index in [9.17, 15) is 4.79 Å². The maximum atomic E-state index is 11.1. The molecule has 0 bridgehead atoms. The Morgan fingerprint density at radius 2 is 2.37 bits per heavy atom. The molecule has 0 aliphatic heterocycles. The Morgan fingerprint density at radius 1 is 1.53 bits per heavy atom. The van der Waals surface area contributed by atoms with Crippen molar-refractivity contribution in [2.45, 2.75) is 6.42 Å². The molecule has 98 valence electrons. The van der Waals surface area contributed by atoms with E-state index in [1.165, 1.54) is 17.4 Å². The molecule has 0 fully saturated rings. The second kappa shape index (κ2) is 6.10. The predicted molar refractivity (Wildman–Crippen MR) is 74.5 cm³/mol. The first-order valence-corrected chi connectivity index (χ1v) is 6.41. The molecule has 0 aliphatic carbocycles. The van der Waals surface area contributed by atoms with E-state index in [0.29, 0.717) is 11.6 Å². The lowest BCUT2D eigenvalue weighted by Gasteiger charge is -2.01. The lowest BCUT2D eigenvalue weighted by molar-refractivity contribution is -0.111. The summed E-state index contributed by atoms with van der Waals surface area (Å²) in [6.45, 7) is 3.38. The van der Waals surface area contributed by atoms with Crippen LogP contribution in [0, 0.1) is 0 Å². The van der Waals surface area contributed by atoms with Crippen molar-refractivity contribution in [3.05, 3.63) is 47.5 Å². The Hall–Kier alpha value is -2.21. The van der Waals surface area contributed by atoms with Gasteiger partial charge in [0.15, 0.2) is 0 Å². The van der Waals surface area contributed by atoms with E-state index in [1.807, 2.05) is 24.3 Å². The molecule has 19 heavy (non-hydrogen) atoms. The molecular weight excluding hydrogens is 262 g/mol. The van der Waals surface area contributed by atoms with Crippen molar-refractivity contribution in [1.82, 2.24) is 10.2 Å². The van der Waals surface area contributed by atoms with Crippen LogP contribution in [-0.2, 0) is 11.2 Å². The van der Waals surface area contributed by atoms with Gasteiger partial charge in [-0.15, -0.1) is 10.2 Å². The van der Waals surface area contributed by atoms with Crippen molar-refractivity contribution >= 4 is 22.4 Å². The number of hydrogen-bond donors (Lipinski definition) is 1. The van der Waals surface area contributed by atoms with E-state index < -0.39 is 0 Å². The standard InChI is InChI=1S/C13H13N3O2S/c1-3-11(17)14-13-16-15-12(19-13)8-9-5-4-6-10(7-9)18-2/h3-7H,1,8H2,2H3,(H,14,16,17). The van der Waals surface area contributed by atoms with Crippen molar-refractivity contribution in [2.24, 2.45) is 0 Å². The Bertz CT molecular complexity index is 595. The van der Waals surface area contributed by atoms with Gasteiger partial charge in [0.1, 0.15) is 10.8 Å². The SMILES string of the molecule is C=CC(=O)Nc1nnc(Cc2cccc(OC)c2)s1. The molecule has 5 nitrogen and oxygen atoms in total. The van der Waals surface area contributed by atoms with E-state index in [4.69, 9.17) is 4.74 Å². The van der Waals surface area contributed by atoms with Gasteiger partial charge in [-0.3, -0.25) is 10.1 Å². The topological polar surface area (TPSA) is 64.1 Å². The fourth-order valence-electron chi connectivity index (χ4n) is 1.49. The number of hydrogen-bond acceptors (Lipinski definition) is 5. The number of methoxy groups -OCH3 is 1. The zero-order chi connectivity index (χ0) is 13.7. The van der Waals surface area contributed by atoms with Gasteiger partial charge in [0, 0.05) is 6.42 Å². The molecule has 0 unspecified atom stereocenters. The molecule has 0 atom stereocenters. The number of carbonyl (C=O) groups excluding carboxylic acids is 1. The fourth-order valence-corrected chi connectivity index (χ4v) is 2.27. The van der Waals surface area contributed by atoms with Gasteiger partial charge in [-0.05, 0) is 23.8 Å². The summed E-state index contributed by atoms with van der Waals surface area (Å²) in [5.74, 6) is 0.520. The molecular formula is C13H13N3O2S. The largest absolute Gasteiger partial charge is 0.497 e. The molecule has 6 heteroatoms. The second-order valence-corrected chi connectivity index (χ2v) is 4.78. The average Bonchev–Trinajstić information content (AvgIpc) is 2.86. The van der Waals surface area contributed by atoms with Gasteiger partial charge in [0.05, 0.1) is 7.11 Å². The predicted octanol–water partition coefficient (Wildman–Crippen LogP) is 2.26. The van der Waals surface area contributed by atoms with Crippen LogP contribution in [0.4, 0.5) is 5.13 Å². The number of aromatic nitrogens is 2. The second-order valence-electron chi connectivity index (χ2n) is 3.72. The highest BCUT2D eigenvalue weighted by atomic mass is 32.1. The van der Waals surface area contributed by atoms with Crippen molar-refractivity contribution in [2.75, 3.05) is 12.4 Å². The molecule has 1 N–H and O–H groups in total. The number of anilines is 1. The lowest BCUT2D eigenvalue weighted by atomic mass is 10.1. The summed E-state index contributed by atoms with van der Waals surface area (Å²) in [7, 11) is 1.63. The van der Waals surface area contributed by atoms with Crippen LogP contribution < -0.4 is 10.1 Å². The zero-order valence-corrected chi connectivity index (χ0v) is 11.2. The maximum Gasteiger partial charge on any atom is 0.249 e. The van der Waals surface area contributed by atoms with E-state index in [1.54, 1.807) is 7.11 Å². The molecule has 1 aromatic heterocycles. The van der Waals surface area contributed by atoms with E-state index in [-0.39, 0.29) is 5.91 Å². The number of amides is 1. The zero-order valence-electron chi connectivity index (χ0n) is 10.4. The molecule has 1 heterocycles. The minimum atomic E-state index is -0.288. The minimum absolute atomic E-state index is 0.288. The van der Waals surface area contributed by atoms with Crippen LogP contribution in [0.15, 0.2) is 36.9 Å². The van der Waals surface area contributed by atoms with Crippen molar-refractivity contribution in [3.63, 3.8) is 0 Å². The Balaban J connectivity index is 2.06. The first kappa shape index (κ1) is 13.2. The Labute approximate surface area is 114 Å². The van der Waals surface area contributed by atoms with Gasteiger partial charge in [0.25, 0.3) is 0 Å². The summed E-state index contributed by atoms with van der Waals surface area (Å²) in [5, 5.41) is 11.8. The third-order valence-electron chi connectivity index (χ3n) is 2.37. The average molecular weight is 275 g/mol. The van der Waals surface area contributed by atoms with Gasteiger partial charge in [-0.1, -0.05) is 30.0 Å². The number of carbonyl (C=O) groups is 1. The van der Waals surface area contributed by atoms with Crippen LogP contribution in [0.3, 0.4) is 0 Å². The Morgan fingerprint density at radius 3 is 3.11 bits per heavy atom. The number of benzene rings is 1. The quantitative estimate of drug-likeness (QED) is 0.850. The molecule has 0 spiro atoms. The highest BCUT2D eigenvalue weighted by Crippen LogP contribution is 2.20. The lowest BCUT2D eigenvalue weighted by Crippen LogP contribution is -2.06. The normalized spacial score (nSPS) is 9.95. The Kier molecular flexibility index (Phi) is 4.25. The van der Waals surface area contributed by atoms with Crippen LogP contribution in [0.1, 0.15) is 10.6 Å². The number of rotatable bonds is 5. The molecule has 0 radical (unpaired) electrons. The molecule has 0 saturated carbocycles. The van der Waals surface area contributed by atoms with Gasteiger partial charge >= 0.3 is 0 Å². The van der Waals surface area contributed by atoms with Crippen LogP contribution in [0.5, 0.6) is 5.75 Å². The fraction of sp³-hybridized carbons (Fsp3) is 0.154. The van der Waals surface area contributed by atoms with Gasteiger partial charge < -0.3 is 4.74 Å². The molecule has 1 amide bonds. The van der Waals surface area contributed by atoms with Crippen molar-refractivity contribution in [3.8, 4) is 5.75 Å². The number of ether oxygens (including phenoxy) is 1. The van der Waals surface area contributed by atoms with Gasteiger partial charge in [-0.25, -0.2) is 0 Å². The first-order chi connectivity index (χ1) is 9.21. The van der Waals surface area contributed by atoms with Gasteiger partial charge in [0.2, 0.25) is 11.0 Å². The molecule has 0 aliphatic rings. The summed E-state index contributed by atoms with van der Waals surface area (Å²) in [6.07, 6.45) is 1.85. The molecule has 0 saturated heterocycles. The van der Waals surface area contributed by atoms with Crippen molar-refractivity contribution in [1.29, 1.82) is 0 Å². The van der Waals surface area contributed by atoms with Gasteiger partial charge in [-0.2, -0.15) is 0 Å². The molecule has 2 aromatic rings. The summed E-state index contributed by atoms with van der Waals surface area (Å²) in [6, 6.07) is 7.75. The summed E-state index contributed by atoms with van der Waals surface area (Å²) < 4.78 is 5.16. The third-order valence-corrected chi connectivity index (χ3v) is 3.21. The maximum absolute atomic E-state index is 11.1. The molecule has 2 rings (SSSR count). The molecule has 1 aromatic carbocycles. The van der Waals surface area contributed by atoms with E-state index in [0.717, 1.165) is 16.3 Å². The monoisotopic (exact) mass is 275 g/mol. The number of nitrogens with zero attached hydrogens (tertiary/aromatic N) is 2. The highest BCUT2D eigenvalue weighted by molar-refractivity contribution is 7.15. The summed E-state index contributed by atoms with van der Waals surface area (Å²) >= 11 is 1.34. The number of nitrogens with one attached hydrogen (secondary N) is 1. The van der Waals surface area contributed by atoms with Crippen LogP contribution in [0.25, 0.3) is 0 Å². The van der Waals surface area contributed by atoms with Crippen LogP contribution in [-0.4, -0.2) is 23.2 Å². The van der Waals surface area contributed by atoms with Crippen LogP contribution in [0.2, 0.25) is 0 Å². The van der Waals surface area contributed by atoms with Crippen molar-refractivity contribution < 1.29 is 9.53 Å². The summed E-state index contributed by atoms with van der Waals surface area (Å²) in [4.78, 5) is 11.1. The third kappa shape index (κ3) is 3.62. The van der Waals surface area contributed by atoms with E-state index >= 15 is 0 Å². The van der Waals surface area contributed by atoms with Crippen LogP contribution >= 0.6 is 11.3 Å². The summed E-state index contributed by atoms with van der Waals surface area (Å²) in [5.41, 5.74) is 1.08. The smallest absolute Gasteiger partial charge is 0.249 e. The minimum Gasteiger partial charge on any atom is -0.497 e.